The fraction of sp³-hybridized carbons (Fsp3) is 0.404. The van der Waals surface area contributed by atoms with E-state index in [1.54, 1.807) is 0 Å². The van der Waals surface area contributed by atoms with Crippen LogP contribution in [-0.2, 0) is 33.5 Å². The third-order valence-corrected chi connectivity index (χ3v) is 9.16. The Morgan fingerprint density at radius 2 is 1.00 bits per heavy atom. The number of ether oxygens (including phenoxy) is 1. The molecule has 11 nitrogen and oxygen atoms in total. The molecule has 5 aliphatic rings. The topological polar surface area (TPSA) is 133 Å². The van der Waals surface area contributed by atoms with E-state index in [2.05, 4.69) is 82.7 Å². The van der Waals surface area contributed by atoms with Gasteiger partial charge in [0.1, 0.15) is 0 Å². The zero-order valence-corrected chi connectivity index (χ0v) is 35.9. The van der Waals surface area contributed by atoms with Gasteiger partial charge in [-0.3, -0.25) is 29.0 Å². The third-order valence-electron chi connectivity index (χ3n) is 9.16. The Hall–Kier alpha value is -5.52. The Labute approximate surface area is 346 Å². The van der Waals surface area contributed by atoms with Crippen LogP contribution in [0.15, 0.2) is 115 Å². The van der Waals surface area contributed by atoms with E-state index in [0.29, 0.717) is 6.42 Å². The zero-order chi connectivity index (χ0) is 43.5. The Morgan fingerprint density at radius 3 is 1.31 bits per heavy atom. The van der Waals surface area contributed by atoms with Crippen molar-refractivity contribution in [2.45, 2.75) is 78.6 Å². The molecule has 58 heavy (non-hydrogen) atoms. The first-order chi connectivity index (χ1) is 28.0. The van der Waals surface area contributed by atoms with Gasteiger partial charge in [0.25, 0.3) is 11.8 Å². The van der Waals surface area contributed by atoms with E-state index >= 15 is 0 Å². The molecule has 0 bridgehead atoms. The first-order valence-electron chi connectivity index (χ1n) is 20.3. The van der Waals surface area contributed by atoms with E-state index in [0.717, 1.165) is 41.0 Å². The average molecular weight is 797 g/mol. The number of benzene rings is 3. The number of carbonyl (C=O) groups is 6. The maximum atomic E-state index is 11.6. The molecule has 3 unspecified atom stereocenters. The number of likely N-dealkylation sites (tertiary alicyclic amines) is 2. The van der Waals surface area contributed by atoms with E-state index < -0.39 is 11.9 Å². The van der Waals surface area contributed by atoms with Crippen molar-refractivity contribution in [2.75, 3.05) is 47.3 Å². The molecular weight excluding hydrogens is 733 g/mol. The Balaban J connectivity index is 0.000000357. The second-order valence-corrected chi connectivity index (χ2v) is 12.9. The van der Waals surface area contributed by atoms with Crippen molar-refractivity contribution in [3.8, 4) is 0 Å². The predicted octanol–water partition coefficient (Wildman–Crippen LogP) is 7.27. The summed E-state index contributed by atoms with van der Waals surface area (Å²) in [5.74, 6) is -0.564. The van der Waals surface area contributed by atoms with Crippen LogP contribution in [0.2, 0.25) is 0 Å². The molecule has 3 atom stereocenters. The lowest BCUT2D eigenvalue weighted by atomic mass is 9.98. The van der Waals surface area contributed by atoms with E-state index in [-0.39, 0.29) is 29.5 Å². The highest BCUT2D eigenvalue weighted by Crippen LogP contribution is 2.28. The summed E-state index contributed by atoms with van der Waals surface area (Å²) < 4.78 is 3.97. The Bertz CT molecular complexity index is 1710. The normalized spacial score (nSPS) is 19.8. The number of imide groups is 2. The maximum Gasteiger partial charge on any atom is 0.338 e. The quantitative estimate of drug-likeness (QED) is 0.165. The van der Waals surface area contributed by atoms with Crippen molar-refractivity contribution < 1.29 is 33.5 Å². The second-order valence-electron chi connectivity index (χ2n) is 12.9. The number of carbonyl (C=O) groups excluding carboxylic acids is 6. The second kappa shape index (κ2) is 28.8. The molecule has 5 heterocycles. The minimum atomic E-state index is -0.579. The van der Waals surface area contributed by atoms with Crippen molar-refractivity contribution in [3.63, 3.8) is 0 Å². The van der Waals surface area contributed by atoms with Crippen LogP contribution >= 0.6 is 0 Å². The molecule has 0 aliphatic carbocycles. The summed E-state index contributed by atoms with van der Waals surface area (Å²) in [7, 11) is 5.18. The molecule has 3 aromatic carbocycles. The molecule has 11 heteroatoms. The fourth-order valence-electron chi connectivity index (χ4n) is 6.08. The van der Waals surface area contributed by atoms with Crippen molar-refractivity contribution in [1.82, 2.24) is 20.0 Å². The molecule has 5 aliphatic heterocycles. The summed E-state index contributed by atoms with van der Waals surface area (Å²) in [6, 6.07) is 31.0. The van der Waals surface area contributed by atoms with Crippen molar-refractivity contribution >= 4 is 35.6 Å². The SMILES string of the molecule is CC.CC.CC.CN1C(=O)C=CC1=O.CN1C(=O)CC(c2ccccc2)C1=O.CN1CCC(c2ccccc2)C1.O=C1C=CC(=O)O1.c1ccc(C2CCNC2)cc1. The fourth-order valence-corrected chi connectivity index (χ4v) is 6.08. The number of rotatable bonds is 3. The molecule has 0 spiro atoms. The smallest absolute Gasteiger partial charge is 0.338 e. The molecule has 0 radical (unpaired) electrons. The lowest BCUT2D eigenvalue weighted by Crippen LogP contribution is -2.25. The van der Waals surface area contributed by atoms with Gasteiger partial charge in [-0.05, 0) is 61.5 Å². The number of esters is 2. The molecule has 0 saturated carbocycles. The number of hydrogen-bond acceptors (Lipinski definition) is 9. The van der Waals surface area contributed by atoms with Gasteiger partial charge in [0.05, 0.1) is 5.92 Å². The van der Waals surface area contributed by atoms with Crippen LogP contribution < -0.4 is 5.32 Å². The van der Waals surface area contributed by atoms with Crippen LogP contribution in [-0.4, -0.2) is 97.6 Å². The minimum absolute atomic E-state index is 0.0937. The largest absolute Gasteiger partial charge is 0.387 e. The molecule has 8 rings (SSSR count). The zero-order valence-electron chi connectivity index (χ0n) is 35.9. The highest BCUT2D eigenvalue weighted by Gasteiger charge is 2.36. The summed E-state index contributed by atoms with van der Waals surface area (Å²) >= 11 is 0. The van der Waals surface area contributed by atoms with E-state index in [1.807, 2.05) is 71.9 Å². The number of nitrogens with one attached hydrogen (secondary N) is 1. The minimum Gasteiger partial charge on any atom is -0.387 e. The average Bonchev–Trinajstić information content (AvgIpc) is 4.14. The van der Waals surface area contributed by atoms with Gasteiger partial charge < -0.3 is 15.0 Å². The molecule has 3 fully saturated rings. The highest BCUT2D eigenvalue weighted by molar-refractivity contribution is 6.12. The van der Waals surface area contributed by atoms with Crippen LogP contribution in [0.5, 0.6) is 0 Å². The van der Waals surface area contributed by atoms with Crippen LogP contribution in [0.25, 0.3) is 0 Å². The van der Waals surface area contributed by atoms with Gasteiger partial charge >= 0.3 is 11.9 Å². The molecule has 3 saturated heterocycles. The highest BCUT2D eigenvalue weighted by atomic mass is 16.6. The van der Waals surface area contributed by atoms with Gasteiger partial charge in [-0.1, -0.05) is 133 Å². The van der Waals surface area contributed by atoms with Gasteiger partial charge in [0.15, 0.2) is 0 Å². The van der Waals surface area contributed by atoms with Crippen LogP contribution in [0, 0.1) is 0 Å². The van der Waals surface area contributed by atoms with Gasteiger partial charge in [-0.15, -0.1) is 0 Å². The lowest BCUT2D eigenvalue weighted by Gasteiger charge is -2.09. The van der Waals surface area contributed by atoms with Crippen molar-refractivity contribution in [1.29, 1.82) is 0 Å². The summed E-state index contributed by atoms with van der Waals surface area (Å²) in [5, 5.41) is 3.37. The van der Waals surface area contributed by atoms with Gasteiger partial charge in [0, 0.05) is 57.9 Å². The molecule has 0 aromatic heterocycles. The molecular formula is C47H64N4O7. The van der Waals surface area contributed by atoms with E-state index in [1.165, 1.54) is 74.8 Å². The number of amides is 4. The number of nitrogens with zero attached hydrogens (tertiary/aromatic N) is 3. The molecule has 1 N–H and O–H groups in total. The monoisotopic (exact) mass is 796 g/mol. The number of likely N-dealkylation sites (N-methyl/N-ethyl adjacent to an activating group) is 3. The summed E-state index contributed by atoms with van der Waals surface area (Å²) in [4.78, 5) is 68.2. The number of cyclic esters (lactones) is 2. The predicted molar refractivity (Wildman–Crippen MR) is 231 cm³/mol. The molecule has 4 amide bonds. The maximum absolute atomic E-state index is 11.6. The van der Waals surface area contributed by atoms with Gasteiger partial charge in [-0.2, -0.15) is 0 Å². The first kappa shape index (κ1) is 50.5. The van der Waals surface area contributed by atoms with E-state index in [9.17, 15) is 28.8 Å². The lowest BCUT2D eigenvalue weighted by molar-refractivity contribution is -0.150. The van der Waals surface area contributed by atoms with Crippen LogP contribution in [0.1, 0.15) is 95.2 Å². The van der Waals surface area contributed by atoms with Gasteiger partial charge in [-0.25, -0.2) is 9.59 Å². The summed E-state index contributed by atoms with van der Waals surface area (Å²) in [6.45, 7) is 16.8. The third kappa shape index (κ3) is 17.3. The van der Waals surface area contributed by atoms with Crippen LogP contribution in [0.4, 0.5) is 0 Å². The van der Waals surface area contributed by atoms with Crippen molar-refractivity contribution in [3.05, 3.63) is 132 Å². The summed E-state index contributed by atoms with van der Waals surface area (Å²) in [6.07, 6.45) is 7.60. The standard InChI is InChI=1S/C11H11NO2.C11H15N.C10H13N.C5H5NO2.C4H2O3.3C2H6/c1-12-10(13)7-9(11(12)14)8-5-3-2-4-6-8;1-12-8-7-11(9-12)10-5-3-2-4-6-10;1-2-4-9(5-3-1)10-6-7-11-8-10;1-6-4(7)2-3-5(6)8;5-3-1-2-4(6)7-3;3*1-2/h2-6,9H,7H2,1H3;2-6,11H,7-9H2,1H3;1-5,10-11H,6-8H2;2-3H,1H3;1-2H;3*1-2H3. The Kier molecular flexibility index (Phi) is 25.1. The van der Waals surface area contributed by atoms with Gasteiger partial charge in [0.2, 0.25) is 11.8 Å². The van der Waals surface area contributed by atoms with E-state index in [4.69, 9.17) is 0 Å². The Morgan fingerprint density at radius 1 is 0.552 bits per heavy atom. The van der Waals surface area contributed by atoms with Crippen molar-refractivity contribution in [2.24, 2.45) is 0 Å². The number of hydrogen-bond donors (Lipinski definition) is 1. The molecule has 3 aromatic rings. The first-order valence-corrected chi connectivity index (χ1v) is 20.3. The molecule has 314 valence electrons. The van der Waals surface area contributed by atoms with Crippen LogP contribution in [0.3, 0.4) is 0 Å². The summed E-state index contributed by atoms with van der Waals surface area (Å²) in [5.41, 5.74) is 3.91.